The molecule has 0 aliphatic heterocycles. The minimum absolute atomic E-state index is 0.226. The molecule has 0 spiro atoms. The molecular formula is C22H19N3O3. The number of carbonyl (C=O) groups excluding carboxylic acids is 1. The molecule has 1 atom stereocenters. The number of carbonyl (C=O) groups is 1. The van der Waals surface area contributed by atoms with Crippen molar-refractivity contribution in [1.82, 2.24) is 15.5 Å². The number of nitrogens with one attached hydrogen (secondary N) is 1. The highest BCUT2D eigenvalue weighted by atomic mass is 16.5. The second-order valence-corrected chi connectivity index (χ2v) is 6.38. The third-order valence-electron chi connectivity index (χ3n) is 4.33. The lowest BCUT2D eigenvalue weighted by atomic mass is 10.1. The average Bonchev–Trinajstić information content (AvgIpc) is 3.21. The molecule has 28 heavy (non-hydrogen) atoms. The van der Waals surface area contributed by atoms with Gasteiger partial charge in [-0.05, 0) is 42.0 Å². The van der Waals surface area contributed by atoms with Crippen molar-refractivity contribution in [2.24, 2.45) is 0 Å². The summed E-state index contributed by atoms with van der Waals surface area (Å²) in [7, 11) is 0. The molecule has 4 rings (SSSR count). The van der Waals surface area contributed by atoms with Gasteiger partial charge < -0.3 is 14.6 Å². The molecule has 2 heterocycles. The van der Waals surface area contributed by atoms with Crippen LogP contribution in [0.25, 0.3) is 22.2 Å². The van der Waals surface area contributed by atoms with E-state index in [9.17, 15) is 4.79 Å². The number of benzene rings is 2. The van der Waals surface area contributed by atoms with E-state index < -0.39 is 6.10 Å². The summed E-state index contributed by atoms with van der Waals surface area (Å²) < 4.78 is 11.0. The van der Waals surface area contributed by atoms with Crippen molar-refractivity contribution >= 4 is 16.7 Å². The fourth-order valence-electron chi connectivity index (χ4n) is 2.85. The van der Waals surface area contributed by atoms with Crippen LogP contribution in [-0.2, 0) is 11.3 Å². The summed E-state index contributed by atoms with van der Waals surface area (Å²) in [5.41, 5.74) is 1.35. The molecule has 0 radical (unpaired) electrons. The first-order chi connectivity index (χ1) is 13.7. The summed E-state index contributed by atoms with van der Waals surface area (Å²) in [6.07, 6.45) is 1.05. The first-order valence-electron chi connectivity index (χ1n) is 8.99. The van der Waals surface area contributed by atoms with E-state index >= 15 is 0 Å². The lowest BCUT2D eigenvalue weighted by Crippen LogP contribution is -2.35. The third kappa shape index (κ3) is 4.01. The SMILES string of the molecule is C[C@H](Oc1ccc2ccccc2c1)C(=O)NCc1cc(-c2ccccn2)no1. The number of aromatic nitrogens is 2. The number of rotatable bonds is 6. The summed E-state index contributed by atoms with van der Waals surface area (Å²) in [5, 5.41) is 8.98. The van der Waals surface area contributed by atoms with Gasteiger partial charge in [-0.15, -0.1) is 0 Å². The molecule has 0 saturated heterocycles. The summed E-state index contributed by atoms with van der Waals surface area (Å²) in [4.78, 5) is 16.6. The van der Waals surface area contributed by atoms with Gasteiger partial charge in [0.2, 0.25) is 0 Å². The van der Waals surface area contributed by atoms with Gasteiger partial charge in [0.1, 0.15) is 11.4 Å². The smallest absolute Gasteiger partial charge is 0.261 e. The number of ether oxygens (including phenoxy) is 1. The fourth-order valence-corrected chi connectivity index (χ4v) is 2.85. The van der Waals surface area contributed by atoms with Crippen molar-refractivity contribution in [2.75, 3.05) is 0 Å². The highest BCUT2D eigenvalue weighted by Crippen LogP contribution is 2.21. The molecule has 0 aliphatic rings. The van der Waals surface area contributed by atoms with Crippen LogP contribution >= 0.6 is 0 Å². The maximum absolute atomic E-state index is 12.4. The van der Waals surface area contributed by atoms with Gasteiger partial charge in [0.15, 0.2) is 11.9 Å². The molecule has 140 valence electrons. The normalized spacial score (nSPS) is 11.9. The highest BCUT2D eigenvalue weighted by Gasteiger charge is 2.16. The highest BCUT2D eigenvalue weighted by molar-refractivity contribution is 5.84. The van der Waals surface area contributed by atoms with E-state index in [0.29, 0.717) is 17.2 Å². The van der Waals surface area contributed by atoms with E-state index in [1.54, 1.807) is 19.2 Å². The van der Waals surface area contributed by atoms with Crippen LogP contribution in [-0.4, -0.2) is 22.2 Å². The van der Waals surface area contributed by atoms with E-state index in [0.717, 1.165) is 16.5 Å². The van der Waals surface area contributed by atoms with Gasteiger partial charge >= 0.3 is 0 Å². The lowest BCUT2D eigenvalue weighted by molar-refractivity contribution is -0.127. The Labute approximate surface area is 162 Å². The zero-order chi connectivity index (χ0) is 19.3. The predicted molar refractivity (Wildman–Crippen MR) is 106 cm³/mol. The molecule has 6 nitrogen and oxygen atoms in total. The summed E-state index contributed by atoms with van der Waals surface area (Å²) in [6.45, 7) is 1.94. The van der Waals surface area contributed by atoms with Gasteiger partial charge in [-0.2, -0.15) is 0 Å². The lowest BCUT2D eigenvalue weighted by Gasteiger charge is -2.14. The Morgan fingerprint density at radius 2 is 1.86 bits per heavy atom. The predicted octanol–water partition coefficient (Wildman–Crippen LogP) is 3.97. The first-order valence-corrected chi connectivity index (χ1v) is 8.99. The van der Waals surface area contributed by atoms with Gasteiger partial charge in [0, 0.05) is 12.3 Å². The maximum Gasteiger partial charge on any atom is 0.261 e. The van der Waals surface area contributed by atoms with Gasteiger partial charge in [-0.1, -0.05) is 41.6 Å². The number of hydrogen-bond donors (Lipinski definition) is 1. The van der Waals surface area contributed by atoms with Gasteiger partial charge in [0.05, 0.1) is 12.2 Å². The van der Waals surface area contributed by atoms with E-state index in [1.165, 1.54) is 0 Å². The minimum Gasteiger partial charge on any atom is -0.481 e. The number of hydrogen-bond acceptors (Lipinski definition) is 5. The van der Waals surface area contributed by atoms with Crippen molar-refractivity contribution in [1.29, 1.82) is 0 Å². The Hall–Kier alpha value is -3.67. The molecule has 4 aromatic rings. The molecule has 1 amide bonds. The molecule has 0 aliphatic carbocycles. The minimum atomic E-state index is -0.639. The Balaban J connectivity index is 1.35. The van der Waals surface area contributed by atoms with Crippen LogP contribution in [0.3, 0.4) is 0 Å². The molecule has 0 bridgehead atoms. The van der Waals surface area contributed by atoms with Gasteiger partial charge in [-0.25, -0.2) is 0 Å². The van der Waals surface area contributed by atoms with Crippen LogP contribution in [0.15, 0.2) is 77.4 Å². The molecule has 6 heteroatoms. The second kappa shape index (κ2) is 7.92. The van der Waals surface area contributed by atoms with Crippen molar-refractivity contribution in [2.45, 2.75) is 19.6 Å². The third-order valence-corrected chi connectivity index (χ3v) is 4.33. The second-order valence-electron chi connectivity index (χ2n) is 6.38. The molecular weight excluding hydrogens is 354 g/mol. The molecule has 0 saturated carbocycles. The summed E-state index contributed by atoms with van der Waals surface area (Å²) in [6, 6.07) is 21.1. The van der Waals surface area contributed by atoms with Crippen LogP contribution in [0.4, 0.5) is 0 Å². The van der Waals surface area contributed by atoms with E-state index in [4.69, 9.17) is 9.26 Å². The number of amides is 1. The summed E-state index contributed by atoms with van der Waals surface area (Å²) >= 11 is 0. The van der Waals surface area contributed by atoms with Gasteiger partial charge in [0.25, 0.3) is 5.91 Å². The average molecular weight is 373 g/mol. The topological polar surface area (TPSA) is 77.2 Å². The van der Waals surface area contributed by atoms with Crippen LogP contribution < -0.4 is 10.1 Å². The van der Waals surface area contributed by atoms with Gasteiger partial charge in [-0.3, -0.25) is 9.78 Å². The van der Waals surface area contributed by atoms with E-state index in [-0.39, 0.29) is 12.5 Å². The van der Waals surface area contributed by atoms with Crippen molar-refractivity contribution in [3.63, 3.8) is 0 Å². The van der Waals surface area contributed by atoms with Crippen LogP contribution in [0.1, 0.15) is 12.7 Å². The molecule has 0 unspecified atom stereocenters. The Morgan fingerprint density at radius 3 is 2.68 bits per heavy atom. The molecule has 0 fully saturated rings. The number of fused-ring (bicyclic) bond motifs is 1. The first kappa shape index (κ1) is 17.7. The van der Waals surface area contributed by atoms with Crippen LogP contribution in [0, 0.1) is 0 Å². The van der Waals surface area contributed by atoms with E-state index in [1.807, 2.05) is 60.7 Å². The number of nitrogens with zero attached hydrogens (tertiary/aromatic N) is 2. The maximum atomic E-state index is 12.4. The van der Waals surface area contributed by atoms with Crippen molar-refractivity contribution < 1.29 is 14.1 Å². The Morgan fingerprint density at radius 1 is 1.04 bits per heavy atom. The standard InChI is InChI=1S/C22H19N3O3/c1-15(27-18-10-9-16-6-2-3-7-17(16)12-18)22(26)24-14-19-13-21(25-28-19)20-8-4-5-11-23-20/h2-13,15H,14H2,1H3,(H,24,26)/t15-/m0/s1. The molecule has 2 aromatic heterocycles. The largest absolute Gasteiger partial charge is 0.481 e. The van der Waals surface area contributed by atoms with Crippen LogP contribution in [0.2, 0.25) is 0 Å². The van der Waals surface area contributed by atoms with E-state index in [2.05, 4.69) is 15.5 Å². The summed E-state index contributed by atoms with van der Waals surface area (Å²) in [5.74, 6) is 0.967. The van der Waals surface area contributed by atoms with Crippen LogP contribution in [0.5, 0.6) is 5.75 Å². The zero-order valence-corrected chi connectivity index (χ0v) is 15.3. The number of pyridine rings is 1. The molecule has 2 aromatic carbocycles. The fraction of sp³-hybridized carbons (Fsp3) is 0.136. The molecule has 1 N–H and O–H groups in total. The zero-order valence-electron chi connectivity index (χ0n) is 15.3. The Bertz CT molecular complexity index is 1090. The monoisotopic (exact) mass is 373 g/mol. The van der Waals surface area contributed by atoms with Crippen molar-refractivity contribution in [3.8, 4) is 17.1 Å². The quantitative estimate of drug-likeness (QED) is 0.553. The Kier molecular flexibility index (Phi) is 5.01. The van der Waals surface area contributed by atoms with Crippen molar-refractivity contribution in [3.05, 3.63) is 78.7 Å².